The molecule has 1 saturated carbocycles. The highest BCUT2D eigenvalue weighted by atomic mass is 16.5. The summed E-state index contributed by atoms with van der Waals surface area (Å²) in [5.74, 6) is -0.0542. The van der Waals surface area contributed by atoms with Gasteiger partial charge in [-0.15, -0.1) is 0 Å². The minimum absolute atomic E-state index is 0.0472. The molecule has 2 amide bonds. The first-order chi connectivity index (χ1) is 18.3. The summed E-state index contributed by atoms with van der Waals surface area (Å²) in [5.41, 5.74) is 3.61. The van der Waals surface area contributed by atoms with Gasteiger partial charge < -0.3 is 14.8 Å². The number of hydrogen-bond acceptors (Lipinski definition) is 5. The van der Waals surface area contributed by atoms with Crippen LogP contribution in [0.2, 0.25) is 0 Å². The fourth-order valence-electron chi connectivity index (χ4n) is 4.99. The van der Waals surface area contributed by atoms with Gasteiger partial charge in [0.25, 0.3) is 11.8 Å². The molecular formula is C31H36N2O5. The van der Waals surface area contributed by atoms with Crippen LogP contribution in [0, 0.1) is 0 Å². The van der Waals surface area contributed by atoms with Crippen molar-refractivity contribution in [3.63, 3.8) is 0 Å². The first-order valence-electron chi connectivity index (χ1n) is 13.3. The molecule has 0 atom stereocenters. The molecule has 0 bridgehead atoms. The number of rotatable bonds is 8. The minimum atomic E-state index is -0.563. The van der Waals surface area contributed by atoms with Gasteiger partial charge in [0.05, 0.1) is 18.3 Å². The summed E-state index contributed by atoms with van der Waals surface area (Å²) in [6.45, 7) is 5.92. The zero-order valence-corrected chi connectivity index (χ0v) is 22.6. The summed E-state index contributed by atoms with van der Waals surface area (Å²) in [4.78, 5) is 40.0. The molecule has 7 nitrogen and oxygen atoms in total. The van der Waals surface area contributed by atoms with Crippen LogP contribution in [0.3, 0.4) is 0 Å². The molecule has 2 aromatic carbocycles. The van der Waals surface area contributed by atoms with Crippen molar-refractivity contribution in [2.45, 2.75) is 64.8 Å². The number of nitrogens with zero attached hydrogens (tertiary/aromatic N) is 1. The van der Waals surface area contributed by atoms with Gasteiger partial charge >= 0.3 is 5.97 Å². The number of carbonyl (C=O) groups excluding carboxylic acids is 3. The number of anilines is 1. The molecule has 0 aromatic heterocycles. The number of hydrogen-bond donors (Lipinski definition) is 1. The van der Waals surface area contributed by atoms with Crippen LogP contribution in [0.25, 0.3) is 6.08 Å². The molecule has 4 rings (SSSR count). The Morgan fingerprint density at radius 2 is 1.68 bits per heavy atom. The summed E-state index contributed by atoms with van der Waals surface area (Å²) in [6.07, 6.45) is 7.27. The van der Waals surface area contributed by atoms with Gasteiger partial charge in [0.15, 0.2) is 6.61 Å². The maximum atomic E-state index is 13.5. The van der Waals surface area contributed by atoms with Crippen LogP contribution < -0.4 is 15.0 Å². The van der Waals surface area contributed by atoms with Crippen LogP contribution >= 0.6 is 0 Å². The van der Waals surface area contributed by atoms with E-state index in [2.05, 4.69) is 19.2 Å². The van der Waals surface area contributed by atoms with Crippen molar-refractivity contribution in [3.8, 4) is 5.75 Å². The standard InChI is InChI=1S/C31H36N2O5/c1-20(2)23-12-14-25(15-13-23)33-21(3)29(31(36)37-4)27(30(33)35)18-22-10-16-26(17-11-22)38-19-28(34)32-24-8-6-5-7-9-24/h10-18,20,24H,5-9,19H2,1-4H3,(H,32,34)/b27-18-. The first-order valence-corrected chi connectivity index (χ1v) is 13.3. The number of carbonyl (C=O) groups is 3. The first kappa shape index (κ1) is 27.2. The maximum Gasteiger partial charge on any atom is 0.340 e. The van der Waals surface area contributed by atoms with Gasteiger partial charge in [-0.05, 0) is 67.2 Å². The number of allylic oxidation sites excluding steroid dienone is 1. The SMILES string of the molecule is COC(=O)C1=C(C)N(c2ccc(C(C)C)cc2)C(=O)/C1=C\c1ccc(OCC(=O)NC2CCCCC2)cc1. The molecule has 2 aromatic rings. The normalized spacial score (nSPS) is 17.3. The van der Waals surface area contributed by atoms with Gasteiger partial charge in [-0.3, -0.25) is 14.5 Å². The summed E-state index contributed by atoms with van der Waals surface area (Å²) in [6, 6.07) is 15.1. The predicted octanol–water partition coefficient (Wildman–Crippen LogP) is 5.51. The number of amides is 2. The molecule has 2 aliphatic rings. The van der Waals surface area contributed by atoms with Gasteiger partial charge in [-0.1, -0.05) is 57.4 Å². The summed E-state index contributed by atoms with van der Waals surface area (Å²) >= 11 is 0. The van der Waals surface area contributed by atoms with E-state index in [1.807, 2.05) is 24.3 Å². The molecule has 0 radical (unpaired) electrons. The van der Waals surface area contributed by atoms with Gasteiger partial charge in [0.1, 0.15) is 5.75 Å². The summed E-state index contributed by atoms with van der Waals surface area (Å²) in [7, 11) is 1.31. The van der Waals surface area contributed by atoms with Crippen molar-refractivity contribution < 1.29 is 23.9 Å². The lowest BCUT2D eigenvalue weighted by Crippen LogP contribution is -2.38. The Labute approximate surface area is 224 Å². The third-order valence-electron chi connectivity index (χ3n) is 7.14. The van der Waals surface area contributed by atoms with Crippen molar-refractivity contribution in [2.75, 3.05) is 18.6 Å². The smallest absolute Gasteiger partial charge is 0.340 e. The number of esters is 1. The molecule has 1 aliphatic heterocycles. The van der Waals surface area contributed by atoms with E-state index < -0.39 is 5.97 Å². The van der Waals surface area contributed by atoms with E-state index in [0.29, 0.717) is 23.1 Å². The van der Waals surface area contributed by atoms with Gasteiger partial charge in [-0.25, -0.2) is 4.79 Å². The largest absolute Gasteiger partial charge is 0.484 e. The van der Waals surface area contributed by atoms with E-state index >= 15 is 0 Å². The second-order valence-electron chi connectivity index (χ2n) is 10.2. The molecule has 0 unspecified atom stereocenters. The van der Waals surface area contributed by atoms with Crippen molar-refractivity contribution in [1.82, 2.24) is 5.32 Å². The Morgan fingerprint density at radius 3 is 2.29 bits per heavy atom. The Bertz CT molecular complexity index is 1240. The summed E-state index contributed by atoms with van der Waals surface area (Å²) < 4.78 is 10.7. The molecular weight excluding hydrogens is 480 g/mol. The van der Waals surface area contributed by atoms with Gasteiger partial charge in [-0.2, -0.15) is 0 Å². The van der Waals surface area contributed by atoms with Crippen LogP contribution in [-0.4, -0.2) is 37.5 Å². The molecule has 1 aliphatic carbocycles. The maximum absolute atomic E-state index is 13.5. The Morgan fingerprint density at radius 1 is 1.03 bits per heavy atom. The highest BCUT2D eigenvalue weighted by Crippen LogP contribution is 2.36. The molecule has 7 heteroatoms. The molecule has 1 N–H and O–H groups in total. The second-order valence-corrected chi connectivity index (χ2v) is 10.2. The van der Waals surface area contributed by atoms with Gasteiger partial charge in [0, 0.05) is 17.4 Å². The van der Waals surface area contributed by atoms with E-state index in [-0.39, 0.29) is 35.6 Å². The van der Waals surface area contributed by atoms with Crippen LogP contribution in [-0.2, 0) is 19.1 Å². The van der Waals surface area contributed by atoms with E-state index in [0.717, 1.165) is 31.2 Å². The molecule has 1 heterocycles. The van der Waals surface area contributed by atoms with E-state index in [1.54, 1.807) is 42.2 Å². The fraction of sp³-hybridized carbons (Fsp3) is 0.387. The van der Waals surface area contributed by atoms with Crippen molar-refractivity contribution >= 4 is 29.5 Å². The number of nitrogens with one attached hydrogen (secondary N) is 1. The Balaban J connectivity index is 1.49. The molecule has 200 valence electrons. The Kier molecular flexibility index (Phi) is 8.66. The lowest BCUT2D eigenvalue weighted by Gasteiger charge is -2.22. The monoisotopic (exact) mass is 516 g/mol. The predicted molar refractivity (Wildman–Crippen MR) is 148 cm³/mol. The van der Waals surface area contributed by atoms with Gasteiger partial charge in [0.2, 0.25) is 0 Å². The van der Waals surface area contributed by atoms with Crippen LogP contribution in [0.15, 0.2) is 65.4 Å². The molecule has 1 fully saturated rings. The quantitative estimate of drug-likeness (QED) is 0.369. The zero-order chi connectivity index (χ0) is 27.2. The van der Waals surface area contributed by atoms with Crippen molar-refractivity contribution in [1.29, 1.82) is 0 Å². The number of benzene rings is 2. The third kappa shape index (κ3) is 6.15. The van der Waals surface area contributed by atoms with E-state index in [1.165, 1.54) is 19.1 Å². The average Bonchev–Trinajstić information content (AvgIpc) is 3.17. The molecule has 0 spiro atoms. The van der Waals surface area contributed by atoms with Crippen molar-refractivity contribution in [3.05, 3.63) is 76.5 Å². The summed E-state index contributed by atoms with van der Waals surface area (Å²) in [5, 5.41) is 3.04. The Hall–Kier alpha value is -3.87. The topological polar surface area (TPSA) is 84.9 Å². The van der Waals surface area contributed by atoms with Crippen LogP contribution in [0.4, 0.5) is 5.69 Å². The van der Waals surface area contributed by atoms with E-state index in [4.69, 9.17) is 9.47 Å². The lowest BCUT2D eigenvalue weighted by atomic mass is 9.95. The third-order valence-corrected chi connectivity index (χ3v) is 7.14. The average molecular weight is 517 g/mol. The van der Waals surface area contributed by atoms with Crippen LogP contribution in [0.5, 0.6) is 5.75 Å². The highest BCUT2D eigenvalue weighted by molar-refractivity contribution is 6.23. The minimum Gasteiger partial charge on any atom is -0.484 e. The molecule has 38 heavy (non-hydrogen) atoms. The fourth-order valence-corrected chi connectivity index (χ4v) is 4.99. The number of methoxy groups -OCH3 is 1. The van der Waals surface area contributed by atoms with Crippen molar-refractivity contribution in [2.24, 2.45) is 0 Å². The lowest BCUT2D eigenvalue weighted by molar-refractivity contribution is -0.136. The second kappa shape index (κ2) is 12.1. The van der Waals surface area contributed by atoms with Crippen LogP contribution in [0.1, 0.15) is 69.9 Å². The number of ether oxygens (including phenoxy) is 2. The highest BCUT2D eigenvalue weighted by Gasteiger charge is 2.37. The van der Waals surface area contributed by atoms with E-state index in [9.17, 15) is 14.4 Å². The zero-order valence-electron chi connectivity index (χ0n) is 22.6. The molecule has 0 saturated heterocycles.